The Morgan fingerprint density at radius 1 is 0.266 bits per heavy atom. The molecular weight excluding hydrogens is 973 g/mol. The number of esters is 3. The fourth-order valence-electron chi connectivity index (χ4n) is 8.79. The minimum absolute atomic E-state index is 0.0937. The smallest absolute Gasteiger partial charge is 0.306 e. The highest BCUT2D eigenvalue weighted by molar-refractivity contribution is 5.71. The highest BCUT2D eigenvalue weighted by atomic mass is 16.6. The van der Waals surface area contributed by atoms with Gasteiger partial charge in [0.15, 0.2) is 6.10 Å². The predicted molar refractivity (Wildman–Crippen MR) is 343 cm³/mol. The second-order valence-corrected chi connectivity index (χ2v) is 21.3. The molecule has 0 fully saturated rings. The number of rotatable bonds is 58. The van der Waals surface area contributed by atoms with Gasteiger partial charge in [-0.15, -0.1) is 0 Å². The zero-order valence-corrected chi connectivity index (χ0v) is 51.3. The first-order valence-electron chi connectivity index (χ1n) is 32.7. The van der Waals surface area contributed by atoms with E-state index in [1.807, 2.05) is 0 Å². The van der Waals surface area contributed by atoms with Crippen LogP contribution >= 0.6 is 0 Å². The Labute approximate surface area is 487 Å². The third kappa shape index (κ3) is 64.3. The van der Waals surface area contributed by atoms with Gasteiger partial charge in [0.05, 0.1) is 0 Å². The lowest BCUT2D eigenvalue weighted by Crippen LogP contribution is -2.30. The van der Waals surface area contributed by atoms with Gasteiger partial charge in [-0.2, -0.15) is 0 Å². The van der Waals surface area contributed by atoms with Crippen molar-refractivity contribution in [2.75, 3.05) is 13.2 Å². The van der Waals surface area contributed by atoms with Crippen molar-refractivity contribution < 1.29 is 28.6 Å². The van der Waals surface area contributed by atoms with E-state index in [0.717, 1.165) is 148 Å². The fraction of sp³-hybridized carbons (Fsp3) is 0.658. The van der Waals surface area contributed by atoms with E-state index in [2.05, 4.69) is 154 Å². The molecule has 0 spiro atoms. The Morgan fingerprint density at radius 3 is 0.785 bits per heavy atom. The highest BCUT2D eigenvalue weighted by Crippen LogP contribution is 2.15. The van der Waals surface area contributed by atoms with E-state index in [-0.39, 0.29) is 31.1 Å². The Bertz CT molecular complexity index is 1680. The maximum Gasteiger partial charge on any atom is 0.306 e. The van der Waals surface area contributed by atoms with Gasteiger partial charge in [-0.05, 0) is 135 Å². The van der Waals surface area contributed by atoms with Gasteiger partial charge in [0, 0.05) is 19.3 Å². The van der Waals surface area contributed by atoms with Gasteiger partial charge >= 0.3 is 17.9 Å². The average molecular weight is 1090 g/mol. The van der Waals surface area contributed by atoms with E-state index < -0.39 is 6.10 Å². The molecule has 6 heteroatoms. The van der Waals surface area contributed by atoms with Crippen molar-refractivity contribution in [2.24, 2.45) is 0 Å². The number of hydrogen-bond acceptors (Lipinski definition) is 6. The number of carbonyl (C=O) groups excluding carboxylic acids is 3. The van der Waals surface area contributed by atoms with Crippen LogP contribution in [0.5, 0.6) is 0 Å². The van der Waals surface area contributed by atoms with Crippen LogP contribution in [0.3, 0.4) is 0 Å². The molecule has 0 bridgehead atoms. The molecule has 0 aliphatic carbocycles. The van der Waals surface area contributed by atoms with Gasteiger partial charge in [0.1, 0.15) is 13.2 Å². The van der Waals surface area contributed by atoms with E-state index in [1.54, 1.807) is 0 Å². The van der Waals surface area contributed by atoms with Crippen LogP contribution in [0.15, 0.2) is 134 Å². The molecule has 0 radical (unpaired) electrons. The van der Waals surface area contributed by atoms with Gasteiger partial charge in [0.25, 0.3) is 0 Å². The van der Waals surface area contributed by atoms with Crippen LogP contribution in [-0.4, -0.2) is 37.2 Å². The second kappa shape index (κ2) is 66.1. The highest BCUT2D eigenvalue weighted by Gasteiger charge is 2.19. The summed E-state index contributed by atoms with van der Waals surface area (Å²) in [4.78, 5) is 38.4. The summed E-state index contributed by atoms with van der Waals surface area (Å²) in [6.07, 6.45) is 93.1. The van der Waals surface area contributed by atoms with Crippen LogP contribution in [0.25, 0.3) is 0 Å². The molecule has 0 aromatic rings. The second-order valence-electron chi connectivity index (χ2n) is 21.3. The molecule has 0 aromatic heterocycles. The van der Waals surface area contributed by atoms with E-state index in [9.17, 15) is 14.4 Å². The molecule has 0 saturated heterocycles. The molecule has 0 heterocycles. The third-order valence-corrected chi connectivity index (χ3v) is 13.6. The van der Waals surface area contributed by atoms with E-state index in [1.165, 1.54) is 103 Å². The van der Waals surface area contributed by atoms with Crippen LogP contribution in [0.2, 0.25) is 0 Å². The summed E-state index contributed by atoms with van der Waals surface area (Å²) >= 11 is 0. The summed E-state index contributed by atoms with van der Waals surface area (Å²) in [5, 5.41) is 0. The molecule has 0 amide bonds. The maximum absolute atomic E-state index is 12.9. The monoisotopic (exact) mass is 1090 g/mol. The lowest BCUT2D eigenvalue weighted by molar-refractivity contribution is -0.167. The lowest BCUT2D eigenvalue weighted by Gasteiger charge is -2.18. The van der Waals surface area contributed by atoms with Crippen molar-refractivity contribution in [3.8, 4) is 0 Å². The summed E-state index contributed by atoms with van der Waals surface area (Å²) in [7, 11) is 0. The molecule has 0 rings (SSSR count). The Kier molecular flexibility index (Phi) is 62.3. The third-order valence-electron chi connectivity index (χ3n) is 13.6. The molecule has 448 valence electrons. The first kappa shape index (κ1) is 74.5. The van der Waals surface area contributed by atoms with Crippen LogP contribution in [0.4, 0.5) is 0 Å². The number of hydrogen-bond donors (Lipinski definition) is 0. The molecule has 0 saturated carbocycles. The summed E-state index contributed by atoms with van der Waals surface area (Å²) in [6, 6.07) is 0. The zero-order valence-electron chi connectivity index (χ0n) is 51.3. The average Bonchev–Trinajstić information content (AvgIpc) is 3.45. The number of carbonyl (C=O) groups is 3. The van der Waals surface area contributed by atoms with Gasteiger partial charge in [-0.1, -0.05) is 270 Å². The molecule has 79 heavy (non-hydrogen) atoms. The summed E-state index contributed by atoms with van der Waals surface area (Å²) in [5.74, 6) is -0.920. The van der Waals surface area contributed by atoms with Crippen molar-refractivity contribution >= 4 is 17.9 Å². The SMILES string of the molecule is CC/C=C\C/C=C\C/C=C\C/C=C\C/C=C\C/C=C\CCCCCCCCCCC(=O)OCC(COC(=O)CCCCCCC/C=C\CCCCCCCC)OC(=O)CCCCCCCC/C=C\C/C=C\C/C=C\C/C=C\CC. The van der Waals surface area contributed by atoms with Crippen molar-refractivity contribution in [3.05, 3.63) is 134 Å². The molecule has 0 aliphatic rings. The minimum atomic E-state index is -0.799. The van der Waals surface area contributed by atoms with Crippen LogP contribution in [0.1, 0.15) is 290 Å². The van der Waals surface area contributed by atoms with Crippen LogP contribution in [0, 0.1) is 0 Å². The lowest BCUT2D eigenvalue weighted by atomic mass is 10.1. The van der Waals surface area contributed by atoms with Gasteiger partial charge in [0.2, 0.25) is 0 Å². The van der Waals surface area contributed by atoms with E-state index >= 15 is 0 Å². The van der Waals surface area contributed by atoms with Gasteiger partial charge in [-0.3, -0.25) is 14.4 Å². The number of ether oxygens (including phenoxy) is 3. The molecule has 6 nitrogen and oxygen atoms in total. The van der Waals surface area contributed by atoms with E-state index in [0.29, 0.717) is 19.3 Å². The van der Waals surface area contributed by atoms with Gasteiger partial charge in [-0.25, -0.2) is 0 Å². The van der Waals surface area contributed by atoms with Crippen molar-refractivity contribution in [1.82, 2.24) is 0 Å². The van der Waals surface area contributed by atoms with Crippen molar-refractivity contribution in [2.45, 2.75) is 297 Å². The molecule has 0 N–H and O–H groups in total. The summed E-state index contributed by atoms with van der Waals surface area (Å²) < 4.78 is 16.9. The van der Waals surface area contributed by atoms with Crippen LogP contribution < -0.4 is 0 Å². The Morgan fingerprint density at radius 2 is 0.494 bits per heavy atom. The van der Waals surface area contributed by atoms with Crippen molar-refractivity contribution in [1.29, 1.82) is 0 Å². The molecule has 0 aromatic carbocycles. The Hall–Kier alpha value is -4.45. The van der Waals surface area contributed by atoms with Crippen LogP contribution in [-0.2, 0) is 28.6 Å². The summed E-state index contributed by atoms with van der Waals surface area (Å²) in [5.41, 5.74) is 0. The van der Waals surface area contributed by atoms with E-state index in [4.69, 9.17) is 14.2 Å². The predicted octanol–water partition coefficient (Wildman–Crippen LogP) is 22.5. The molecule has 1 atom stereocenters. The maximum atomic E-state index is 12.9. The number of allylic oxidation sites excluding steroid dienone is 22. The normalized spacial score (nSPS) is 13.0. The largest absolute Gasteiger partial charge is 0.462 e. The molecular formula is C73H120O6. The van der Waals surface area contributed by atoms with Gasteiger partial charge < -0.3 is 14.2 Å². The Balaban J connectivity index is 4.41. The van der Waals surface area contributed by atoms with Crippen molar-refractivity contribution in [3.63, 3.8) is 0 Å². The standard InChI is InChI=1S/C73H120O6/c1-4-7-10-13-16-19-22-25-28-30-32-33-34-35-36-37-38-39-41-42-45-48-51-54-57-60-63-66-72(75)78-69-70(68-77-71(74)65-62-59-56-53-50-47-44-27-24-21-18-15-12-9-6-3)79-73(76)67-64-61-58-55-52-49-46-43-40-31-29-26-23-20-17-14-11-8-5-2/h7-8,10-11,16-17,19-20,25-29,32-33,35-36,38-40,43-44,70H,4-6,9,12-15,18,21-24,30-31,34,37,41-42,45-69H2,1-3H3/b10-7-,11-8-,19-16-,20-17-,28-25-,29-26-,33-32-,36-35-,39-38-,43-40-,44-27-. The molecule has 0 aliphatic heterocycles. The topological polar surface area (TPSA) is 78.9 Å². The molecule has 1 unspecified atom stereocenters. The summed E-state index contributed by atoms with van der Waals surface area (Å²) in [6.45, 7) is 6.39. The fourth-order valence-corrected chi connectivity index (χ4v) is 8.79. The zero-order chi connectivity index (χ0) is 57.1. The minimum Gasteiger partial charge on any atom is -0.462 e. The quantitative estimate of drug-likeness (QED) is 0.0261. The first-order valence-corrected chi connectivity index (χ1v) is 32.7. The number of unbranched alkanes of at least 4 members (excludes halogenated alkanes) is 25. The first-order chi connectivity index (χ1) is 39.0.